The molecule has 0 saturated heterocycles. The number of carbonyl (C=O) groups excluding carboxylic acids is 1. The van der Waals surface area contributed by atoms with E-state index in [2.05, 4.69) is 23.2 Å². The first-order valence-electron chi connectivity index (χ1n) is 6.65. The Morgan fingerprint density at radius 2 is 2.22 bits per heavy atom. The third-order valence-corrected chi connectivity index (χ3v) is 6.90. The van der Waals surface area contributed by atoms with Gasteiger partial charge in [-0.2, -0.15) is 4.33 Å². The van der Waals surface area contributed by atoms with Gasteiger partial charge in [-0.25, -0.2) is 0 Å². The summed E-state index contributed by atoms with van der Waals surface area (Å²) in [4.78, 5) is 12.2. The van der Waals surface area contributed by atoms with Crippen molar-refractivity contribution in [2.45, 2.75) is 39.5 Å². The van der Waals surface area contributed by atoms with Crippen LogP contribution in [0.4, 0.5) is 0 Å². The minimum absolute atomic E-state index is 0.000880. The Balaban J connectivity index is 1.90. The monoisotopic (exact) mass is 271 g/mol. The normalized spacial score (nSPS) is 44.6. The molecule has 0 aromatic carbocycles. The quantitative estimate of drug-likeness (QED) is 0.338. The summed E-state index contributed by atoms with van der Waals surface area (Å²) in [6.45, 7) is 4.57. The lowest BCUT2D eigenvalue weighted by atomic mass is 9.65. The van der Waals surface area contributed by atoms with E-state index < -0.39 is 0 Å². The molecule has 18 heavy (non-hydrogen) atoms. The third kappa shape index (κ3) is 1.42. The molecule has 3 aliphatic carbocycles. The van der Waals surface area contributed by atoms with Gasteiger partial charge >= 0.3 is 0 Å². The van der Waals surface area contributed by atoms with Crippen molar-refractivity contribution in [2.75, 3.05) is 5.75 Å². The SMILES string of the molecule is CC1(C)C2CCC1(CSOO[O-])C1C(=O)CCC21. The molecule has 3 fully saturated rings. The van der Waals surface area contributed by atoms with E-state index in [1.807, 2.05) is 0 Å². The van der Waals surface area contributed by atoms with Crippen LogP contribution in [0.2, 0.25) is 0 Å². The standard InChI is InChI=1S/C13H20O4S/c1-12(2)9-5-6-13(12,7-18-17-16-15)11-8(9)3-4-10(11)14/h8-9,11,15H,3-7H2,1-2H3/p-1. The number of Topliss-reactive ketones (excluding diaryl/α,β-unsaturated/α-hetero) is 1. The molecule has 4 atom stereocenters. The fourth-order valence-electron chi connectivity index (χ4n) is 5.29. The second-order valence-electron chi connectivity index (χ2n) is 6.57. The van der Waals surface area contributed by atoms with Gasteiger partial charge in [-0.1, -0.05) is 13.8 Å². The lowest BCUT2D eigenvalue weighted by Crippen LogP contribution is -2.41. The summed E-state index contributed by atoms with van der Waals surface area (Å²) in [7, 11) is 0. The number of carbonyl (C=O) groups is 1. The fourth-order valence-corrected chi connectivity index (χ4v) is 6.28. The maximum atomic E-state index is 12.2. The molecule has 2 bridgehead atoms. The van der Waals surface area contributed by atoms with Gasteiger partial charge in [-0.05, 0) is 41.9 Å². The summed E-state index contributed by atoms with van der Waals surface area (Å²) < 4.78 is 4.47. The molecular formula is C13H19O4S-. The predicted molar refractivity (Wildman–Crippen MR) is 64.8 cm³/mol. The van der Waals surface area contributed by atoms with Crippen LogP contribution < -0.4 is 5.26 Å². The average Bonchev–Trinajstić information content (AvgIpc) is 2.87. The third-order valence-electron chi connectivity index (χ3n) is 6.12. The van der Waals surface area contributed by atoms with Crippen LogP contribution in [0.1, 0.15) is 39.5 Å². The topological polar surface area (TPSA) is 58.6 Å². The smallest absolute Gasteiger partial charge is 0.136 e. The number of rotatable bonds is 4. The van der Waals surface area contributed by atoms with Crippen LogP contribution in [0.25, 0.3) is 0 Å². The molecule has 5 heteroatoms. The van der Waals surface area contributed by atoms with Gasteiger partial charge < -0.3 is 5.26 Å². The highest BCUT2D eigenvalue weighted by molar-refractivity contribution is 7.94. The maximum absolute atomic E-state index is 12.2. The van der Waals surface area contributed by atoms with Crippen molar-refractivity contribution in [1.29, 1.82) is 0 Å². The molecule has 0 N–H and O–H groups in total. The van der Waals surface area contributed by atoms with Crippen LogP contribution in [0.3, 0.4) is 0 Å². The van der Waals surface area contributed by atoms with Crippen molar-refractivity contribution in [3.8, 4) is 0 Å². The summed E-state index contributed by atoms with van der Waals surface area (Å²) in [6, 6.07) is 0. The molecule has 0 radical (unpaired) electrons. The Labute approximate surface area is 111 Å². The zero-order chi connectivity index (χ0) is 13.0. The lowest BCUT2D eigenvalue weighted by Gasteiger charge is -2.41. The highest BCUT2D eigenvalue weighted by Gasteiger charge is 2.70. The predicted octanol–water partition coefficient (Wildman–Crippen LogP) is 1.89. The van der Waals surface area contributed by atoms with Crippen molar-refractivity contribution < 1.29 is 19.4 Å². The van der Waals surface area contributed by atoms with E-state index in [1.165, 1.54) is 6.42 Å². The van der Waals surface area contributed by atoms with Crippen LogP contribution in [0.15, 0.2) is 0 Å². The summed E-state index contributed by atoms with van der Waals surface area (Å²) >= 11 is 1.07. The molecule has 0 heterocycles. The Hall–Kier alpha value is -0.100. The molecule has 4 unspecified atom stereocenters. The highest BCUT2D eigenvalue weighted by Crippen LogP contribution is 2.73. The number of ketones is 1. The molecule has 3 saturated carbocycles. The minimum Gasteiger partial charge on any atom is -0.691 e. The Bertz CT molecular complexity index is 370. The number of fused-ring (bicyclic) bond motifs is 5. The summed E-state index contributed by atoms with van der Waals surface area (Å²) in [5.41, 5.74) is 0.163. The van der Waals surface area contributed by atoms with Gasteiger partial charge in [0.2, 0.25) is 0 Å². The van der Waals surface area contributed by atoms with Crippen LogP contribution >= 0.6 is 12.0 Å². The molecular weight excluding hydrogens is 252 g/mol. The van der Waals surface area contributed by atoms with E-state index in [1.54, 1.807) is 0 Å². The van der Waals surface area contributed by atoms with Crippen molar-refractivity contribution >= 4 is 17.8 Å². The molecule has 0 aromatic rings. The molecule has 0 amide bonds. The van der Waals surface area contributed by atoms with Gasteiger partial charge in [0.05, 0.1) is 0 Å². The Morgan fingerprint density at radius 3 is 2.94 bits per heavy atom. The highest BCUT2D eigenvalue weighted by atomic mass is 32.2. The van der Waals surface area contributed by atoms with Crippen molar-refractivity contribution in [3.05, 3.63) is 0 Å². The number of hydrogen-bond acceptors (Lipinski definition) is 5. The van der Waals surface area contributed by atoms with Crippen LogP contribution in [0.5, 0.6) is 0 Å². The van der Waals surface area contributed by atoms with Gasteiger partial charge in [-0.15, -0.1) is 0 Å². The van der Waals surface area contributed by atoms with E-state index in [4.69, 9.17) is 0 Å². The largest absolute Gasteiger partial charge is 0.691 e. The van der Waals surface area contributed by atoms with Crippen LogP contribution in [-0.2, 0) is 14.2 Å². The maximum Gasteiger partial charge on any atom is 0.136 e. The second-order valence-corrected chi connectivity index (χ2v) is 7.23. The Morgan fingerprint density at radius 1 is 1.44 bits per heavy atom. The van der Waals surface area contributed by atoms with E-state index >= 15 is 0 Å². The zero-order valence-electron chi connectivity index (χ0n) is 10.8. The molecule has 4 nitrogen and oxygen atoms in total. The molecule has 0 spiro atoms. The summed E-state index contributed by atoms with van der Waals surface area (Å²) in [5, 5.41) is 13.4. The first-order chi connectivity index (χ1) is 8.54. The van der Waals surface area contributed by atoms with Crippen molar-refractivity contribution in [1.82, 2.24) is 0 Å². The van der Waals surface area contributed by atoms with E-state index in [0.717, 1.165) is 31.3 Å². The van der Waals surface area contributed by atoms with Gasteiger partial charge in [0.1, 0.15) is 5.78 Å². The van der Waals surface area contributed by atoms with Gasteiger partial charge in [-0.3, -0.25) is 9.83 Å². The van der Waals surface area contributed by atoms with Crippen molar-refractivity contribution in [3.63, 3.8) is 0 Å². The van der Waals surface area contributed by atoms with Crippen LogP contribution in [0, 0.1) is 28.6 Å². The van der Waals surface area contributed by atoms with E-state index in [-0.39, 0.29) is 16.7 Å². The first-order valence-corrected chi connectivity index (χ1v) is 7.56. The van der Waals surface area contributed by atoms with Gasteiger partial charge in [0.15, 0.2) is 0 Å². The average molecular weight is 271 g/mol. The summed E-state index contributed by atoms with van der Waals surface area (Å²) in [5.74, 6) is 2.52. The summed E-state index contributed by atoms with van der Waals surface area (Å²) in [6.07, 6.45) is 4.09. The van der Waals surface area contributed by atoms with Crippen molar-refractivity contribution in [2.24, 2.45) is 28.6 Å². The fraction of sp³-hybridized carbons (Fsp3) is 0.923. The molecule has 0 aliphatic heterocycles. The van der Waals surface area contributed by atoms with E-state index in [0.29, 0.717) is 23.4 Å². The van der Waals surface area contributed by atoms with Gasteiger partial charge in [0.25, 0.3) is 0 Å². The second kappa shape index (κ2) is 4.20. The molecule has 102 valence electrons. The number of hydrogen-bond donors (Lipinski definition) is 0. The lowest BCUT2D eigenvalue weighted by molar-refractivity contribution is -0.777. The Kier molecular flexibility index (Phi) is 3.01. The minimum atomic E-state index is -0.000880. The van der Waals surface area contributed by atoms with Crippen LogP contribution in [-0.4, -0.2) is 11.5 Å². The molecule has 0 aromatic heterocycles. The van der Waals surface area contributed by atoms with E-state index in [9.17, 15) is 10.1 Å². The molecule has 3 aliphatic rings. The van der Waals surface area contributed by atoms with Gasteiger partial charge in [0, 0.05) is 30.1 Å². The zero-order valence-corrected chi connectivity index (χ0v) is 11.6. The first kappa shape index (κ1) is 12.9. The molecule has 3 rings (SSSR count).